The van der Waals surface area contributed by atoms with Crippen LogP contribution in [0.4, 0.5) is 5.69 Å². The van der Waals surface area contributed by atoms with Crippen molar-refractivity contribution in [2.75, 3.05) is 25.6 Å². The lowest BCUT2D eigenvalue weighted by molar-refractivity contribution is -0.116. The van der Waals surface area contributed by atoms with Crippen molar-refractivity contribution in [1.82, 2.24) is 15.1 Å². The van der Waals surface area contributed by atoms with Gasteiger partial charge in [-0.1, -0.05) is 22.0 Å². The van der Waals surface area contributed by atoms with Crippen LogP contribution in [-0.2, 0) is 16.1 Å². The zero-order chi connectivity index (χ0) is 19.8. The first-order chi connectivity index (χ1) is 12.9. The fourth-order valence-electron chi connectivity index (χ4n) is 2.23. The Hall–Kier alpha value is -2.52. The van der Waals surface area contributed by atoms with Gasteiger partial charge < -0.3 is 15.4 Å². The topological polar surface area (TPSA) is 102 Å². The third-order valence-corrected chi connectivity index (χ3v) is 4.21. The number of nitrogens with zero attached hydrogens (tertiary/aromatic N) is 2. The van der Waals surface area contributed by atoms with E-state index in [4.69, 9.17) is 4.74 Å². The third-order valence-electron chi connectivity index (χ3n) is 3.72. The van der Waals surface area contributed by atoms with E-state index in [-0.39, 0.29) is 36.7 Å². The van der Waals surface area contributed by atoms with Gasteiger partial charge in [0.2, 0.25) is 5.91 Å². The van der Waals surface area contributed by atoms with Gasteiger partial charge in [0.15, 0.2) is 0 Å². The Balaban J connectivity index is 1.87. The molecule has 2 aromatic rings. The van der Waals surface area contributed by atoms with Crippen LogP contribution in [0.15, 0.2) is 39.6 Å². The van der Waals surface area contributed by atoms with Crippen molar-refractivity contribution in [1.29, 1.82) is 0 Å². The normalized spacial score (nSPS) is 10.5. The molecular formula is C18H21BrN4O4. The molecule has 0 saturated heterocycles. The summed E-state index contributed by atoms with van der Waals surface area (Å²) in [5.41, 5.74) is 1.45. The molecule has 2 N–H and O–H groups in total. The Labute approximate surface area is 165 Å². The summed E-state index contributed by atoms with van der Waals surface area (Å²) in [5, 5.41) is 9.44. The van der Waals surface area contributed by atoms with E-state index in [2.05, 4.69) is 31.7 Å². The number of ether oxygens (including phenoxy) is 1. The second-order valence-corrected chi connectivity index (χ2v) is 6.70. The molecule has 0 atom stereocenters. The maximum Gasteiger partial charge on any atom is 0.271 e. The second-order valence-electron chi connectivity index (χ2n) is 5.79. The van der Waals surface area contributed by atoms with Crippen molar-refractivity contribution in [3.05, 3.63) is 56.4 Å². The number of hydrogen-bond donors (Lipinski definition) is 2. The van der Waals surface area contributed by atoms with Crippen LogP contribution in [0.5, 0.6) is 0 Å². The van der Waals surface area contributed by atoms with Crippen molar-refractivity contribution in [3.8, 4) is 0 Å². The van der Waals surface area contributed by atoms with E-state index in [1.165, 1.54) is 23.9 Å². The van der Waals surface area contributed by atoms with Crippen molar-refractivity contribution >= 4 is 33.4 Å². The van der Waals surface area contributed by atoms with Crippen molar-refractivity contribution in [2.45, 2.75) is 19.9 Å². The fraction of sp³-hybridized carbons (Fsp3) is 0.333. The Morgan fingerprint density at radius 2 is 2.04 bits per heavy atom. The molecule has 8 nitrogen and oxygen atoms in total. The lowest BCUT2D eigenvalue weighted by atomic mass is 10.2. The molecule has 0 saturated carbocycles. The number of nitrogens with one attached hydrogen (secondary N) is 2. The summed E-state index contributed by atoms with van der Waals surface area (Å²) >= 11 is 3.36. The standard InChI is InChI=1S/C18H21BrN4O4/c1-12-3-4-13(19)11-15(12)21-16(24)7-8-20-18(26)14-5-6-17(25)23(22-14)9-10-27-2/h3-6,11H,7-10H2,1-2H3,(H,20,26)(H,21,24). The first-order valence-corrected chi connectivity index (χ1v) is 9.11. The second kappa shape index (κ2) is 9.98. The molecule has 0 radical (unpaired) electrons. The molecule has 0 fully saturated rings. The van der Waals surface area contributed by atoms with E-state index in [1.807, 2.05) is 25.1 Å². The number of amides is 2. The van der Waals surface area contributed by atoms with E-state index >= 15 is 0 Å². The largest absolute Gasteiger partial charge is 0.383 e. The van der Waals surface area contributed by atoms with Crippen LogP contribution in [0.25, 0.3) is 0 Å². The summed E-state index contributed by atoms with van der Waals surface area (Å²) in [7, 11) is 1.52. The molecule has 144 valence electrons. The van der Waals surface area contributed by atoms with Crippen molar-refractivity contribution in [2.24, 2.45) is 0 Å². The first-order valence-electron chi connectivity index (χ1n) is 8.32. The van der Waals surface area contributed by atoms with Crippen LogP contribution < -0.4 is 16.2 Å². The zero-order valence-corrected chi connectivity index (χ0v) is 16.7. The summed E-state index contributed by atoms with van der Waals surface area (Å²) in [6.45, 7) is 2.61. The molecule has 0 aliphatic carbocycles. The van der Waals surface area contributed by atoms with Gasteiger partial charge in [0, 0.05) is 36.3 Å². The van der Waals surface area contributed by atoms with Gasteiger partial charge in [-0.15, -0.1) is 0 Å². The van der Waals surface area contributed by atoms with Crippen LogP contribution in [-0.4, -0.2) is 41.9 Å². The molecule has 2 rings (SSSR count). The lowest BCUT2D eigenvalue weighted by Gasteiger charge is -2.10. The van der Waals surface area contributed by atoms with E-state index in [0.717, 1.165) is 10.0 Å². The van der Waals surface area contributed by atoms with E-state index in [9.17, 15) is 14.4 Å². The van der Waals surface area contributed by atoms with Gasteiger partial charge in [0.1, 0.15) is 5.69 Å². The number of carbonyl (C=O) groups excluding carboxylic acids is 2. The summed E-state index contributed by atoms with van der Waals surface area (Å²) in [6.07, 6.45) is 0.112. The van der Waals surface area contributed by atoms with Crippen LogP contribution in [0.1, 0.15) is 22.5 Å². The van der Waals surface area contributed by atoms with Gasteiger partial charge in [-0.25, -0.2) is 4.68 Å². The van der Waals surface area contributed by atoms with Gasteiger partial charge in [-0.3, -0.25) is 14.4 Å². The monoisotopic (exact) mass is 436 g/mol. The van der Waals surface area contributed by atoms with Gasteiger partial charge >= 0.3 is 0 Å². The van der Waals surface area contributed by atoms with E-state index < -0.39 is 5.91 Å². The predicted molar refractivity (Wildman–Crippen MR) is 105 cm³/mol. The molecule has 0 unspecified atom stereocenters. The minimum Gasteiger partial charge on any atom is -0.383 e. The molecule has 1 heterocycles. The molecule has 9 heteroatoms. The fourth-order valence-corrected chi connectivity index (χ4v) is 2.59. The molecule has 27 heavy (non-hydrogen) atoms. The number of aromatic nitrogens is 2. The highest BCUT2D eigenvalue weighted by Gasteiger charge is 2.11. The number of benzene rings is 1. The molecule has 0 bridgehead atoms. The molecule has 0 aliphatic rings. The maximum absolute atomic E-state index is 12.2. The van der Waals surface area contributed by atoms with Gasteiger partial charge in [0.25, 0.3) is 11.5 Å². The summed E-state index contributed by atoms with van der Waals surface area (Å²) in [5.74, 6) is -0.665. The highest BCUT2D eigenvalue weighted by atomic mass is 79.9. The highest BCUT2D eigenvalue weighted by Crippen LogP contribution is 2.20. The molecule has 2 amide bonds. The van der Waals surface area contributed by atoms with Crippen molar-refractivity contribution in [3.63, 3.8) is 0 Å². The minimum absolute atomic E-state index is 0.106. The Kier molecular flexibility index (Phi) is 7.68. The molecule has 0 spiro atoms. The van der Waals surface area contributed by atoms with Crippen LogP contribution >= 0.6 is 15.9 Å². The van der Waals surface area contributed by atoms with Crippen molar-refractivity contribution < 1.29 is 14.3 Å². The zero-order valence-electron chi connectivity index (χ0n) is 15.1. The number of halogens is 1. The number of anilines is 1. The first kappa shape index (κ1) is 20.8. The maximum atomic E-state index is 12.2. The van der Waals surface area contributed by atoms with Crippen LogP contribution in [0.2, 0.25) is 0 Å². The highest BCUT2D eigenvalue weighted by molar-refractivity contribution is 9.10. The number of carbonyl (C=O) groups is 2. The Morgan fingerprint density at radius 1 is 1.26 bits per heavy atom. The number of aryl methyl sites for hydroxylation is 1. The predicted octanol–water partition coefficient (Wildman–Crippen LogP) is 1.72. The smallest absolute Gasteiger partial charge is 0.271 e. The molecular weight excluding hydrogens is 416 g/mol. The average molecular weight is 437 g/mol. The Bertz CT molecular complexity index is 882. The van der Waals surface area contributed by atoms with Crippen LogP contribution in [0, 0.1) is 6.92 Å². The molecule has 0 aliphatic heterocycles. The Morgan fingerprint density at radius 3 is 2.78 bits per heavy atom. The van der Waals surface area contributed by atoms with Gasteiger partial charge in [0.05, 0.1) is 13.2 Å². The SMILES string of the molecule is COCCn1nc(C(=O)NCCC(=O)Nc2cc(Br)ccc2C)ccc1=O. The lowest BCUT2D eigenvalue weighted by Crippen LogP contribution is -2.32. The van der Waals surface area contributed by atoms with Crippen LogP contribution in [0.3, 0.4) is 0 Å². The van der Waals surface area contributed by atoms with E-state index in [1.54, 1.807) is 0 Å². The minimum atomic E-state index is -0.451. The number of hydrogen-bond acceptors (Lipinski definition) is 5. The van der Waals surface area contributed by atoms with Gasteiger partial charge in [-0.2, -0.15) is 5.10 Å². The average Bonchev–Trinajstić information content (AvgIpc) is 2.64. The number of rotatable bonds is 8. The summed E-state index contributed by atoms with van der Waals surface area (Å²) in [6, 6.07) is 8.24. The quantitative estimate of drug-likeness (QED) is 0.655. The van der Waals surface area contributed by atoms with Gasteiger partial charge in [-0.05, 0) is 30.7 Å². The number of methoxy groups -OCH3 is 1. The molecule has 1 aromatic heterocycles. The summed E-state index contributed by atoms with van der Waals surface area (Å²) < 4.78 is 6.94. The third kappa shape index (κ3) is 6.30. The molecule has 1 aromatic carbocycles. The summed E-state index contributed by atoms with van der Waals surface area (Å²) in [4.78, 5) is 35.9. The van der Waals surface area contributed by atoms with E-state index in [0.29, 0.717) is 12.3 Å².